The molecule has 0 radical (unpaired) electrons. The highest BCUT2D eigenvalue weighted by molar-refractivity contribution is 5.98. The van der Waals surface area contributed by atoms with Crippen LogP contribution in [0.1, 0.15) is 18.1 Å². The molecule has 11 heteroatoms. The highest BCUT2D eigenvalue weighted by atomic mass is 19.1. The summed E-state index contributed by atoms with van der Waals surface area (Å²) in [6.07, 6.45) is -0.213. The predicted molar refractivity (Wildman–Crippen MR) is 131 cm³/mol. The first-order valence-electron chi connectivity index (χ1n) is 11.2. The summed E-state index contributed by atoms with van der Waals surface area (Å²) in [7, 11) is 0. The minimum Gasteiger partial charge on any atom is -0.344 e. The summed E-state index contributed by atoms with van der Waals surface area (Å²) in [4.78, 5) is 48.4. The molecule has 0 aliphatic carbocycles. The van der Waals surface area contributed by atoms with Gasteiger partial charge in [0.1, 0.15) is 23.7 Å². The molecule has 37 heavy (non-hydrogen) atoms. The molecule has 192 valence electrons. The van der Waals surface area contributed by atoms with E-state index in [1.54, 1.807) is 30.3 Å². The monoisotopic (exact) mass is 510 g/mol. The normalized spacial score (nSPS) is 12.2. The maximum atomic E-state index is 13.4. The SMILES string of the molecule is C[C@H](NC(=O)Cc1cc(F)cc(F)c1)C(=O)N[C@@H](Cc1ccccc1)C(=O)Nc1ccc([N+](=O)[O-])cc1. The molecule has 0 saturated carbocycles. The van der Waals surface area contributed by atoms with Crippen LogP contribution in [-0.4, -0.2) is 34.7 Å². The van der Waals surface area contributed by atoms with Crippen molar-refractivity contribution in [2.24, 2.45) is 0 Å². The number of non-ortho nitro benzene ring substituents is 1. The summed E-state index contributed by atoms with van der Waals surface area (Å²) in [6, 6.07) is 14.8. The molecule has 3 aromatic carbocycles. The molecule has 0 spiro atoms. The summed E-state index contributed by atoms with van der Waals surface area (Å²) in [5, 5.41) is 18.5. The second-order valence-electron chi connectivity index (χ2n) is 8.29. The molecule has 2 atom stereocenters. The number of hydrogen-bond acceptors (Lipinski definition) is 5. The molecule has 3 amide bonds. The van der Waals surface area contributed by atoms with Crippen molar-refractivity contribution in [2.45, 2.75) is 31.8 Å². The zero-order valence-electron chi connectivity index (χ0n) is 19.7. The van der Waals surface area contributed by atoms with Crippen molar-refractivity contribution in [3.63, 3.8) is 0 Å². The van der Waals surface area contributed by atoms with E-state index in [-0.39, 0.29) is 24.1 Å². The molecule has 0 fully saturated rings. The lowest BCUT2D eigenvalue weighted by molar-refractivity contribution is -0.384. The van der Waals surface area contributed by atoms with Crippen molar-refractivity contribution in [1.29, 1.82) is 0 Å². The number of hydrogen-bond donors (Lipinski definition) is 3. The topological polar surface area (TPSA) is 130 Å². The van der Waals surface area contributed by atoms with E-state index in [0.29, 0.717) is 11.8 Å². The Morgan fingerprint density at radius 1 is 0.865 bits per heavy atom. The minimum atomic E-state index is -1.06. The third-order valence-electron chi connectivity index (χ3n) is 5.32. The van der Waals surface area contributed by atoms with Gasteiger partial charge in [-0.05, 0) is 42.3 Å². The summed E-state index contributed by atoms with van der Waals surface area (Å²) < 4.78 is 26.7. The molecule has 0 unspecified atom stereocenters. The second kappa shape index (κ2) is 12.3. The number of carbonyl (C=O) groups is 3. The summed E-state index contributed by atoms with van der Waals surface area (Å²) in [5.74, 6) is -3.51. The lowest BCUT2D eigenvalue weighted by Gasteiger charge is -2.21. The summed E-state index contributed by atoms with van der Waals surface area (Å²) in [5.41, 5.74) is 1.02. The van der Waals surface area contributed by atoms with E-state index in [9.17, 15) is 33.3 Å². The number of nitro benzene ring substituents is 1. The molecule has 0 saturated heterocycles. The number of carbonyl (C=O) groups excluding carboxylic acids is 3. The number of benzene rings is 3. The second-order valence-corrected chi connectivity index (χ2v) is 8.29. The number of nitrogens with zero attached hydrogens (tertiary/aromatic N) is 1. The molecule has 0 aromatic heterocycles. The van der Waals surface area contributed by atoms with Crippen LogP contribution in [0.4, 0.5) is 20.2 Å². The molecule has 0 bridgehead atoms. The van der Waals surface area contributed by atoms with E-state index in [1.807, 2.05) is 0 Å². The van der Waals surface area contributed by atoms with Crippen molar-refractivity contribution >= 4 is 29.1 Å². The molecule has 0 aliphatic heterocycles. The Morgan fingerprint density at radius 3 is 2.08 bits per heavy atom. The lowest BCUT2D eigenvalue weighted by Crippen LogP contribution is -2.52. The van der Waals surface area contributed by atoms with Crippen LogP contribution in [0.15, 0.2) is 72.8 Å². The Balaban J connectivity index is 1.66. The molecular weight excluding hydrogens is 486 g/mol. The van der Waals surface area contributed by atoms with Crippen molar-refractivity contribution in [3.05, 3.63) is 106 Å². The van der Waals surface area contributed by atoms with Crippen LogP contribution in [0, 0.1) is 21.7 Å². The predicted octanol–water partition coefficient (Wildman–Crippen LogP) is 3.29. The lowest BCUT2D eigenvalue weighted by atomic mass is 10.0. The Hall–Kier alpha value is -4.67. The van der Waals surface area contributed by atoms with Gasteiger partial charge in [-0.25, -0.2) is 8.78 Å². The van der Waals surface area contributed by atoms with Crippen LogP contribution >= 0.6 is 0 Å². The molecule has 3 aromatic rings. The average Bonchev–Trinajstić information content (AvgIpc) is 2.83. The van der Waals surface area contributed by atoms with E-state index in [0.717, 1.165) is 17.7 Å². The summed E-state index contributed by atoms with van der Waals surface area (Å²) in [6.45, 7) is 1.41. The standard InChI is InChI=1S/C26H24F2N4O5/c1-16(29-24(33)14-18-11-19(27)15-20(28)12-18)25(34)31-23(13-17-5-3-2-4-6-17)26(35)30-21-7-9-22(10-8-21)32(36)37/h2-12,15-16,23H,13-14H2,1H3,(H,29,33)(H,30,35)(H,31,34)/t16-,23-/m0/s1. The van der Waals surface area contributed by atoms with Gasteiger partial charge in [-0.15, -0.1) is 0 Å². The van der Waals surface area contributed by atoms with Crippen molar-refractivity contribution in [1.82, 2.24) is 10.6 Å². The van der Waals surface area contributed by atoms with E-state index in [1.165, 1.54) is 31.2 Å². The number of halogens is 2. The van der Waals surface area contributed by atoms with Crippen molar-refractivity contribution in [2.75, 3.05) is 5.32 Å². The van der Waals surface area contributed by atoms with Gasteiger partial charge in [-0.3, -0.25) is 24.5 Å². The molecule has 0 aliphatic rings. The van der Waals surface area contributed by atoms with E-state index >= 15 is 0 Å². The Bertz CT molecular complexity index is 1270. The first-order chi connectivity index (χ1) is 17.6. The zero-order valence-corrected chi connectivity index (χ0v) is 19.7. The summed E-state index contributed by atoms with van der Waals surface area (Å²) >= 11 is 0. The molecule has 3 rings (SSSR count). The van der Waals surface area contributed by atoms with Gasteiger partial charge in [0, 0.05) is 30.3 Å². The van der Waals surface area contributed by atoms with Gasteiger partial charge in [0.2, 0.25) is 17.7 Å². The Labute approximate surface area is 211 Å². The third-order valence-corrected chi connectivity index (χ3v) is 5.32. The van der Waals surface area contributed by atoms with Crippen LogP contribution in [0.5, 0.6) is 0 Å². The largest absolute Gasteiger partial charge is 0.344 e. The highest BCUT2D eigenvalue weighted by Gasteiger charge is 2.25. The van der Waals surface area contributed by atoms with Gasteiger partial charge in [-0.1, -0.05) is 30.3 Å². The first kappa shape index (κ1) is 26.9. The Morgan fingerprint density at radius 2 is 1.49 bits per heavy atom. The third kappa shape index (κ3) is 8.20. The number of nitro groups is 1. The number of anilines is 1. The zero-order chi connectivity index (χ0) is 26.9. The van der Waals surface area contributed by atoms with E-state index in [4.69, 9.17) is 0 Å². The van der Waals surface area contributed by atoms with Crippen LogP contribution in [-0.2, 0) is 27.2 Å². The van der Waals surface area contributed by atoms with E-state index in [2.05, 4.69) is 16.0 Å². The van der Waals surface area contributed by atoms with Gasteiger partial charge < -0.3 is 16.0 Å². The van der Waals surface area contributed by atoms with Gasteiger partial charge in [0.05, 0.1) is 11.3 Å². The fourth-order valence-corrected chi connectivity index (χ4v) is 3.51. The quantitative estimate of drug-likeness (QED) is 0.285. The van der Waals surface area contributed by atoms with Crippen LogP contribution in [0.3, 0.4) is 0 Å². The fourth-order valence-electron chi connectivity index (χ4n) is 3.51. The van der Waals surface area contributed by atoms with Crippen LogP contribution < -0.4 is 16.0 Å². The van der Waals surface area contributed by atoms with Gasteiger partial charge >= 0.3 is 0 Å². The number of nitrogens with one attached hydrogen (secondary N) is 3. The number of rotatable bonds is 10. The molecule has 9 nitrogen and oxygen atoms in total. The smallest absolute Gasteiger partial charge is 0.269 e. The minimum absolute atomic E-state index is 0.104. The first-order valence-corrected chi connectivity index (χ1v) is 11.2. The Kier molecular flexibility index (Phi) is 8.98. The van der Waals surface area contributed by atoms with Crippen LogP contribution in [0.2, 0.25) is 0 Å². The van der Waals surface area contributed by atoms with Crippen LogP contribution in [0.25, 0.3) is 0 Å². The molecule has 0 heterocycles. The highest BCUT2D eigenvalue weighted by Crippen LogP contribution is 2.16. The molecular formula is C26H24F2N4O5. The molecule has 3 N–H and O–H groups in total. The average molecular weight is 510 g/mol. The maximum absolute atomic E-state index is 13.4. The van der Waals surface area contributed by atoms with E-state index < -0.39 is 46.4 Å². The maximum Gasteiger partial charge on any atom is 0.269 e. The van der Waals surface area contributed by atoms with Crippen molar-refractivity contribution in [3.8, 4) is 0 Å². The van der Waals surface area contributed by atoms with Gasteiger partial charge in [0.15, 0.2) is 0 Å². The number of amides is 3. The van der Waals surface area contributed by atoms with Crippen molar-refractivity contribution < 1.29 is 28.1 Å². The van der Waals surface area contributed by atoms with Gasteiger partial charge in [0.25, 0.3) is 5.69 Å². The fraction of sp³-hybridized carbons (Fsp3) is 0.192. The van der Waals surface area contributed by atoms with Gasteiger partial charge in [-0.2, -0.15) is 0 Å².